The number of allylic oxidation sites excluding steroid dienone is 2. The van der Waals surface area contributed by atoms with E-state index in [-0.39, 0.29) is 0 Å². The van der Waals surface area contributed by atoms with Gasteiger partial charge in [-0.3, -0.25) is 4.90 Å². The minimum absolute atomic E-state index is 0.401. The third-order valence-corrected chi connectivity index (χ3v) is 4.81. The molecule has 1 aliphatic heterocycles. The maximum atomic E-state index is 6.03. The molecule has 1 fully saturated rings. The van der Waals surface area contributed by atoms with E-state index in [4.69, 9.17) is 11.5 Å². The molecule has 23 heavy (non-hydrogen) atoms. The molecular formula is C20H31N3. The Morgan fingerprint density at radius 3 is 2.57 bits per heavy atom. The number of likely N-dealkylation sites (tertiary alicyclic amines) is 1. The SMILES string of the molecule is CC(C)(C)C1CCCN(Cc2ccc(/C(N)=C/C=C\N)cc2)C1. The number of hydrogen-bond donors (Lipinski definition) is 2. The molecule has 1 atom stereocenters. The van der Waals surface area contributed by atoms with Crippen LogP contribution in [0, 0.1) is 11.3 Å². The molecule has 1 aliphatic rings. The average molecular weight is 313 g/mol. The summed E-state index contributed by atoms with van der Waals surface area (Å²) < 4.78 is 0. The highest BCUT2D eigenvalue weighted by molar-refractivity contribution is 5.64. The zero-order valence-electron chi connectivity index (χ0n) is 14.8. The molecule has 4 N–H and O–H groups in total. The predicted molar refractivity (Wildman–Crippen MR) is 99.4 cm³/mol. The second-order valence-corrected chi connectivity index (χ2v) is 7.64. The predicted octanol–water partition coefficient (Wildman–Crippen LogP) is 3.72. The second kappa shape index (κ2) is 7.69. The molecule has 3 nitrogen and oxygen atoms in total. The topological polar surface area (TPSA) is 55.3 Å². The highest BCUT2D eigenvalue weighted by atomic mass is 15.1. The summed E-state index contributed by atoms with van der Waals surface area (Å²) in [6.45, 7) is 10.5. The van der Waals surface area contributed by atoms with E-state index in [9.17, 15) is 0 Å². The molecule has 1 aromatic carbocycles. The van der Waals surface area contributed by atoms with Crippen LogP contribution in [-0.4, -0.2) is 18.0 Å². The van der Waals surface area contributed by atoms with Crippen LogP contribution < -0.4 is 11.5 Å². The Balaban J connectivity index is 1.98. The summed E-state index contributed by atoms with van der Waals surface area (Å²) in [5.41, 5.74) is 14.9. The standard InChI is InChI=1S/C20H31N3/c1-20(2,3)18-6-5-13-23(15-18)14-16-8-10-17(11-9-16)19(22)7-4-12-21/h4,7-12,18H,5-6,13-15,21-22H2,1-3H3/b12-4-,19-7-. The van der Waals surface area contributed by atoms with Crippen molar-refractivity contribution in [2.75, 3.05) is 13.1 Å². The normalized spacial score (nSPS) is 21.0. The van der Waals surface area contributed by atoms with Crippen molar-refractivity contribution in [1.29, 1.82) is 0 Å². The Hall–Kier alpha value is -1.74. The molecule has 0 saturated carbocycles. The van der Waals surface area contributed by atoms with Gasteiger partial charge in [0.1, 0.15) is 0 Å². The Morgan fingerprint density at radius 2 is 1.96 bits per heavy atom. The van der Waals surface area contributed by atoms with Gasteiger partial charge in [-0.1, -0.05) is 45.0 Å². The fourth-order valence-electron chi connectivity index (χ4n) is 3.22. The Morgan fingerprint density at radius 1 is 1.26 bits per heavy atom. The molecule has 0 aromatic heterocycles. The average Bonchev–Trinajstić information content (AvgIpc) is 2.53. The first-order valence-corrected chi connectivity index (χ1v) is 8.56. The van der Waals surface area contributed by atoms with Gasteiger partial charge in [-0.25, -0.2) is 0 Å². The summed E-state index contributed by atoms with van der Waals surface area (Å²) in [4.78, 5) is 2.59. The summed E-state index contributed by atoms with van der Waals surface area (Å²) >= 11 is 0. The van der Waals surface area contributed by atoms with Crippen molar-refractivity contribution in [2.45, 2.75) is 40.2 Å². The van der Waals surface area contributed by atoms with E-state index in [1.54, 1.807) is 6.08 Å². The van der Waals surface area contributed by atoms with E-state index in [0.717, 1.165) is 23.7 Å². The van der Waals surface area contributed by atoms with Gasteiger partial charge in [-0.05, 0) is 60.2 Å². The van der Waals surface area contributed by atoms with E-state index >= 15 is 0 Å². The van der Waals surface area contributed by atoms with Gasteiger partial charge in [0.15, 0.2) is 0 Å². The molecule has 3 heteroatoms. The monoisotopic (exact) mass is 313 g/mol. The van der Waals surface area contributed by atoms with Crippen LogP contribution >= 0.6 is 0 Å². The highest BCUT2D eigenvalue weighted by Crippen LogP contribution is 2.33. The lowest BCUT2D eigenvalue weighted by Gasteiger charge is -2.39. The van der Waals surface area contributed by atoms with Gasteiger partial charge in [0.05, 0.1) is 0 Å². The van der Waals surface area contributed by atoms with Gasteiger partial charge in [0, 0.05) is 18.8 Å². The van der Waals surface area contributed by atoms with Gasteiger partial charge in [0.25, 0.3) is 0 Å². The van der Waals surface area contributed by atoms with Gasteiger partial charge in [-0.2, -0.15) is 0 Å². The first kappa shape index (κ1) is 17.6. The molecule has 1 heterocycles. The summed E-state index contributed by atoms with van der Waals surface area (Å²) in [6, 6.07) is 8.55. The van der Waals surface area contributed by atoms with Crippen LogP contribution in [0.1, 0.15) is 44.7 Å². The first-order chi connectivity index (χ1) is 10.9. The number of nitrogens with two attached hydrogens (primary N) is 2. The molecule has 1 aromatic rings. The van der Waals surface area contributed by atoms with Gasteiger partial charge >= 0.3 is 0 Å². The molecule has 0 amide bonds. The molecular weight excluding hydrogens is 282 g/mol. The molecule has 0 bridgehead atoms. The van der Waals surface area contributed by atoms with Crippen LogP contribution in [0.15, 0.2) is 42.6 Å². The Kier molecular flexibility index (Phi) is 5.89. The minimum Gasteiger partial charge on any atom is -0.405 e. The first-order valence-electron chi connectivity index (χ1n) is 8.56. The lowest BCUT2D eigenvalue weighted by Crippen LogP contribution is -2.40. The van der Waals surface area contributed by atoms with Crippen molar-refractivity contribution in [1.82, 2.24) is 4.90 Å². The molecule has 126 valence electrons. The van der Waals surface area contributed by atoms with Crippen molar-refractivity contribution in [2.24, 2.45) is 22.8 Å². The summed E-state index contributed by atoms with van der Waals surface area (Å²) in [7, 11) is 0. The molecule has 1 saturated heterocycles. The Labute approximate surface area is 141 Å². The third-order valence-electron chi connectivity index (χ3n) is 4.81. The van der Waals surface area contributed by atoms with Crippen molar-refractivity contribution < 1.29 is 0 Å². The lowest BCUT2D eigenvalue weighted by molar-refractivity contribution is 0.0943. The third kappa shape index (κ3) is 5.14. The van der Waals surface area contributed by atoms with Crippen LogP contribution in [0.3, 0.4) is 0 Å². The van der Waals surface area contributed by atoms with Crippen molar-refractivity contribution in [3.05, 3.63) is 53.7 Å². The largest absolute Gasteiger partial charge is 0.405 e. The molecule has 2 rings (SSSR count). The van der Waals surface area contributed by atoms with Crippen LogP contribution in [0.2, 0.25) is 0 Å². The van der Waals surface area contributed by atoms with E-state index in [1.165, 1.54) is 37.7 Å². The molecule has 0 radical (unpaired) electrons. The summed E-state index contributed by atoms with van der Waals surface area (Å²) in [6.07, 6.45) is 7.73. The van der Waals surface area contributed by atoms with Crippen LogP contribution in [-0.2, 0) is 6.54 Å². The maximum absolute atomic E-state index is 6.03. The zero-order valence-corrected chi connectivity index (χ0v) is 14.8. The molecule has 0 spiro atoms. The fraction of sp³-hybridized carbons (Fsp3) is 0.500. The van der Waals surface area contributed by atoms with Crippen LogP contribution in [0.4, 0.5) is 0 Å². The van der Waals surface area contributed by atoms with Gasteiger partial charge < -0.3 is 11.5 Å². The number of piperidine rings is 1. The van der Waals surface area contributed by atoms with E-state index in [2.05, 4.69) is 49.9 Å². The lowest BCUT2D eigenvalue weighted by atomic mass is 9.76. The van der Waals surface area contributed by atoms with Crippen LogP contribution in [0.25, 0.3) is 5.70 Å². The second-order valence-electron chi connectivity index (χ2n) is 7.64. The zero-order chi connectivity index (χ0) is 16.9. The van der Waals surface area contributed by atoms with Gasteiger partial charge in [-0.15, -0.1) is 0 Å². The van der Waals surface area contributed by atoms with Gasteiger partial charge in [0.2, 0.25) is 0 Å². The van der Waals surface area contributed by atoms with E-state index in [1.807, 2.05) is 6.08 Å². The van der Waals surface area contributed by atoms with Crippen molar-refractivity contribution >= 4 is 5.70 Å². The summed E-state index contributed by atoms with van der Waals surface area (Å²) in [5.74, 6) is 0.789. The van der Waals surface area contributed by atoms with E-state index < -0.39 is 0 Å². The smallest absolute Gasteiger partial charge is 0.0388 e. The minimum atomic E-state index is 0.401. The quantitative estimate of drug-likeness (QED) is 0.833. The molecule has 1 unspecified atom stereocenters. The number of hydrogen-bond acceptors (Lipinski definition) is 3. The maximum Gasteiger partial charge on any atom is 0.0388 e. The van der Waals surface area contributed by atoms with Crippen molar-refractivity contribution in [3.63, 3.8) is 0 Å². The number of benzene rings is 1. The molecule has 0 aliphatic carbocycles. The van der Waals surface area contributed by atoms with Crippen LogP contribution in [0.5, 0.6) is 0 Å². The van der Waals surface area contributed by atoms with Crippen molar-refractivity contribution in [3.8, 4) is 0 Å². The fourth-order valence-corrected chi connectivity index (χ4v) is 3.22. The highest BCUT2D eigenvalue weighted by Gasteiger charge is 2.29. The number of nitrogens with zero attached hydrogens (tertiary/aromatic N) is 1. The Bertz CT molecular complexity index is 549. The summed E-state index contributed by atoms with van der Waals surface area (Å²) in [5, 5.41) is 0. The number of rotatable bonds is 4. The van der Waals surface area contributed by atoms with E-state index in [0.29, 0.717) is 5.41 Å².